The van der Waals surface area contributed by atoms with E-state index in [0.717, 1.165) is 6.07 Å². The molecule has 1 fully saturated rings. The summed E-state index contributed by atoms with van der Waals surface area (Å²) in [6.07, 6.45) is 0. The van der Waals surface area contributed by atoms with Crippen molar-refractivity contribution in [2.45, 2.75) is 13.0 Å². The lowest BCUT2D eigenvalue weighted by Gasteiger charge is -2.36. The maximum Gasteiger partial charge on any atom is 0.330 e. The lowest BCUT2D eigenvalue weighted by atomic mass is 10.1. The molecule has 1 aromatic rings. The van der Waals surface area contributed by atoms with Crippen molar-refractivity contribution in [2.24, 2.45) is 0 Å². The summed E-state index contributed by atoms with van der Waals surface area (Å²) < 4.78 is 18.5. The molecule has 1 N–H and O–H groups in total. The minimum atomic E-state index is -0.708. The molecule has 0 aromatic heterocycles. The van der Waals surface area contributed by atoms with E-state index in [-0.39, 0.29) is 12.3 Å². The number of carbonyl (C=O) groups is 1. The summed E-state index contributed by atoms with van der Waals surface area (Å²) >= 11 is 0. The molecular formula is C13H16FN3O4. The normalized spacial score (nSPS) is 18.4. The second kappa shape index (κ2) is 6.49. The van der Waals surface area contributed by atoms with Gasteiger partial charge in [0.05, 0.1) is 17.6 Å². The first-order valence-electron chi connectivity index (χ1n) is 6.62. The zero-order chi connectivity index (χ0) is 15.4. The summed E-state index contributed by atoms with van der Waals surface area (Å²) in [5, 5.41) is 13.9. The van der Waals surface area contributed by atoms with Crippen LogP contribution in [0.15, 0.2) is 18.2 Å². The molecule has 1 aliphatic heterocycles. The number of nitro benzene ring substituents is 1. The van der Waals surface area contributed by atoms with Crippen LogP contribution in [0.1, 0.15) is 6.92 Å². The highest BCUT2D eigenvalue weighted by Gasteiger charge is 2.31. The van der Waals surface area contributed by atoms with Crippen molar-refractivity contribution in [3.05, 3.63) is 34.1 Å². The lowest BCUT2D eigenvalue weighted by Crippen LogP contribution is -2.55. The topological polar surface area (TPSA) is 84.7 Å². The summed E-state index contributed by atoms with van der Waals surface area (Å²) in [5.41, 5.74) is -0.0348. The van der Waals surface area contributed by atoms with Crippen molar-refractivity contribution in [3.63, 3.8) is 0 Å². The fraction of sp³-hybridized carbons (Fsp3) is 0.462. The fourth-order valence-electron chi connectivity index (χ4n) is 2.29. The summed E-state index contributed by atoms with van der Waals surface area (Å²) in [5.74, 6) is -1.14. The van der Waals surface area contributed by atoms with E-state index in [4.69, 9.17) is 4.74 Å². The van der Waals surface area contributed by atoms with E-state index >= 15 is 0 Å². The van der Waals surface area contributed by atoms with Gasteiger partial charge in [0, 0.05) is 31.4 Å². The zero-order valence-corrected chi connectivity index (χ0v) is 11.5. The Kier molecular flexibility index (Phi) is 4.69. The first kappa shape index (κ1) is 15.2. The fourth-order valence-corrected chi connectivity index (χ4v) is 2.29. The Balaban J connectivity index is 2.32. The number of non-ortho nitro benzene ring substituents is 1. The Morgan fingerprint density at radius 3 is 3.00 bits per heavy atom. The average Bonchev–Trinajstić information content (AvgIpc) is 2.46. The third kappa shape index (κ3) is 3.46. The lowest BCUT2D eigenvalue weighted by molar-refractivity contribution is -0.385. The largest absolute Gasteiger partial charge is 0.464 e. The van der Waals surface area contributed by atoms with E-state index in [1.807, 2.05) is 0 Å². The van der Waals surface area contributed by atoms with E-state index in [1.165, 1.54) is 12.1 Å². The van der Waals surface area contributed by atoms with Gasteiger partial charge in [-0.3, -0.25) is 10.1 Å². The van der Waals surface area contributed by atoms with E-state index in [9.17, 15) is 19.3 Å². The smallest absolute Gasteiger partial charge is 0.330 e. The van der Waals surface area contributed by atoms with Gasteiger partial charge in [-0.2, -0.15) is 0 Å². The number of benzene rings is 1. The van der Waals surface area contributed by atoms with Gasteiger partial charge in [-0.05, 0) is 13.0 Å². The van der Waals surface area contributed by atoms with E-state index in [1.54, 1.807) is 11.8 Å². The molecule has 0 radical (unpaired) electrons. The summed E-state index contributed by atoms with van der Waals surface area (Å²) in [6.45, 7) is 3.32. The SMILES string of the molecule is CCOC(=O)C1CNCCN1c1cc(F)cc([N+](=O)[O-])c1. The van der Waals surface area contributed by atoms with Crippen LogP contribution in [0.5, 0.6) is 0 Å². The number of esters is 1. The van der Waals surface area contributed by atoms with Crippen molar-refractivity contribution in [1.29, 1.82) is 0 Å². The van der Waals surface area contributed by atoms with Gasteiger partial charge in [0.1, 0.15) is 11.9 Å². The quantitative estimate of drug-likeness (QED) is 0.508. The molecule has 0 bridgehead atoms. The minimum absolute atomic E-state index is 0.243. The first-order chi connectivity index (χ1) is 10.0. The number of nitrogens with one attached hydrogen (secondary N) is 1. The van der Waals surface area contributed by atoms with Gasteiger partial charge in [0.25, 0.3) is 5.69 Å². The monoisotopic (exact) mass is 297 g/mol. The molecule has 1 aromatic carbocycles. The number of anilines is 1. The Morgan fingerprint density at radius 2 is 2.33 bits per heavy atom. The Labute approximate surface area is 120 Å². The number of rotatable bonds is 4. The molecule has 1 heterocycles. The Hall–Kier alpha value is -2.22. The number of carbonyl (C=O) groups excluding carboxylic acids is 1. The van der Waals surface area contributed by atoms with Crippen molar-refractivity contribution in [2.75, 3.05) is 31.1 Å². The zero-order valence-electron chi connectivity index (χ0n) is 11.5. The van der Waals surface area contributed by atoms with Crippen LogP contribution in [0.3, 0.4) is 0 Å². The van der Waals surface area contributed by atoms with E-state index in [0.29, 0.717) is 25.3 Å². The summed E-state index contributed by atoms with van der Waals surface area (Å²) in [6, 6.07) is 2.68. The third-order valence-corrected chi connectivity index (χ3v) is 3.21. The van der Waals surface area contributed by atoms with Crippen LogP contribution in [0.2, 0.25) is 0 Å². The maximum absolute atomic E-state index is 13.6. The van der Waals surface area contributed by atoms with Crippen LogP contribution in [0.25, 0.3) is 0 Å². The molecule has 114 valence electrons. The molecule has 7 nitrogen and oxygen atoms in total. The van der Waals surface area contributed by atoms with Crippen molar-refractivity contribution >= 4 is 17.3 Å². The van der Waals surface area contributed by atoms with Crippen molar-refractivity contribution in [1.82, 2.24) is 5.32 Å². The Bertz CT molecular complexity index is 552. The molecular weight excluding hydrogens is 281 g/mol. The summed E-state index contributed by atoms with van der Waals surface area (Å²) in [7, 11) is 0. The van der Waals surface area contributed by atoms with Gasteiger partial charge < -0.3 is 15.0 Å². The van der Waals surface area contributed by atoms with Gasteiger partial charge in [-0.15, -0.1) is 0 Å². The predicted octanol–water partition coefficient (Wildman–Crippen LogP) is 1.08. The number of ether oxygens (including phenoxy) is 1. The average molecular weight is 297 g/mol. The van der Waals surface area contributed by atoms with Gasteiger partial charge >= 0.3 is 5.97 Å². The third-order valence-electron chi connectivity index (χ3n) is 3.21. The van der Waals surface area contributed by atoms with Crippen LogP contribution >= 0.6 is 0 Å². The summed E-state index contributed by atoms with van der Waals surface area (Å²) in [4.78, 5) is 23.7. The number of nitrogens with zero attached hydrogens (tertiary/aromatic N) is 2. The molecule has 8 heteroatoms. The van der Waals surface area contributed by atoms with Gasteiger partial charge in [0.15, 0.2) is 0 Å². The molecule has 1 unspecified atom stereocenters. The van der Waals surface area contributed by atoms with Gasteiger partial charge in [0.2, 0.25) is 0 Å². The van der Waals surface area contributed by atoms with Crippen molar-refractivity contribution < 1.29 is 18.8 Å². The number of hydrogen-bond acceptors (Lipinski definition) is 6. The van der Waals surface area contributed by atoms with Crippen LogP contribution < -0.4 is 10.2 Å². The van der Waals surface area contributed by atoms with Crippen LogP contribution in [-0.4, -0.2) is 43.2 Å². The van der Waals surface area contributed by atoms with Gasteiger partial charge in [-0.1, -0.05) is 0 Å². The van der Waals surface area contributed by atoms with Gasteiger partial charge in [-0.25, -0.2) is 9.18 Å². The van der Waals surface area contributed by atoms with E-state index < -0.39 is 22.8 Å². The molecule has 0 saturated carbocycles. The number of nitro groups is 1. The van der Waals surface area contributed by atoms with Crippen LogP contribution in [0, 0.1) is 15.9 Å². The highest BCUT2D eigenvalue weighted by atomic mass is 19.1. The standard InChI is InChI=1S/C13H16FN3O4/c1-2-21-13(18)12-8-15-3-4-16(12)10-5-9(14)6-11(7-10)17(19)20/h5-7,12,15H,2-4,8H2,1H3. The molecule has 1 atom stereocenters. The second-order valence-corrected chi connectivity index (χ2v) is 4.59. The highest BCUT2D eigenvalue weighted by molar-refractivity contribution is 5.81. The Morgan fingerprint density at radius 1 is 1.57 bits per heavy atom. The number of halogens is 1. The maximum atomic E-state index is 13.6. The second-order valence-electron chi connectivity index (χ2n) is 4.59. The molecule has 0 spiro atoms. The molecule has 0 amide bonds. The number of hydrogen-bond donors (Lipinski definition) is 1. The molecule has 1 aliphatic rings. The molecule has 0 aliphatic carbocycles. The molecule has 1 saturated heterocycles. The minimum Gasteiger partial charge on any atom is -0.464 e. The molecule has 2 rings (SSSR count). The van der Waals surface area contributed by atoms with E-state index in [2.05, 4.69) is 5.32 Å². The molecule has 21 heavy (non-hydrogen) atoms. The number of piperazine rings is 1. The van der Waals surface area contributed by atoms with Crippen molar-refractivity contribution in [3.8, 4) is 0 Å². The first-order valence-corrected chi connectivity index (χ1v) is 6.62. The highest BCUT2D eigenvalue weighted by Crippen LogP contribution is 2.26. The van der Waals surface area contributed by atoms with Crippen LogP contribution in [0.4, 0.5) is 15.8 Å². The van der Waals surface area contributed by atoms with Crippen LogP contribution in [-0.2, 0) is 9.53 Å². The predicted molar refractivity (Wildman–Crippen MR) is 73.7 cm³/mol.